The van der Waals surface area contributed by atoms with Crippen LogP contribution in [0, 0.1) is 0 Å². The Balaban J connectivity index is 2.14. The van der Waals surface area contributed by atoms with Gasteiger partial charge in [-0.15, -0.1) is 0 Å². The van der Waals surface area contributed by atoms with Gasteiger partial charge >= 0.3 is 0 Å². The molecule has 19 heavy (non-hydrogen) atoms. The van der Waals surface area contributed by atoms with Crippen molar-refractivity contribution < 1.29 is 9.47 Å². The van der Waals surface area contributed by atoms with E-state index in [1.807, 2.05) is 42.0 Å². The third kappa shape index (κ3) is 3.48. The van der Waals surface area contributed by atoms with Gasteiger partial charge in [-0.2, -0.15) is 0 Å². The summed E-state index contributed by atoms with van der Waals surface area (Å²) in [5.41, 5.74) is 0.911. The summed E-state index contributed by atoms with van der Waals surface area (Å²) in [6, 6.07) is 7.83. The molecule has 0 fully saturated rings. The summed E-state index contributed by atoms with van der Waals surface area (Å²) in [6.45, 7) is 4.01. The van der Waals surface area contributed by atoms with Gasteiger partial charge in [0.1, 0.15) is 5.75 Å². The lowest BCUT2D eigenvalue weighted by Crippen LogP contribution is -2.08. The predicted molar refractivity (Wildman–Crippen MR) is 75.0 cm³/mol. The maximum atomic E-state index is 5.58. The summed E-state index contributed by atoms with van der Waals surface area (Å²) in [4.78, 5) is 4.31. The van der Waals surface area contributed by atoms with Crippen molar-refractivity contribution >= 4 is 11.6 Å². The first kappa shape index (κ1) is 13.4. The number of aromatic nitrogens is 2. The van der Waals surface area contributed by atoms with E-state index in [1.54, 1.807) is 13.3 Å². The Hall–Kier alpha value is -2.01. The number of methoxy groups -OCH3 is 1. The molecule has 5 nitrogen and oxygen atoms in total. The number of para-hydroxylation sites is 2. The van der Waals surface area contributed by atoms with Gasteiger partial charge in [0, 0.05) is 26.0 Å². The topological polar surface area (TPSA) is 48.3 Å². The molecule has 0 saturated heterocycles. The summed E-state index contributed by atoms with van der Waals surface area (Å²) >= 11 is 0. The molecule has 2 rings (SSSR count). The van der Waals surface area contributed by atoms with Crippen LogP contribution in [0.4, 0.5) is 11.6 Å². The molecule has 1 N–H and O–H groups in total. The lowest BCUT2D eigenvalue weighted by atomic mass is 10.3. The van der Waals surface area contributed by atoms with Crippen molar-refractivity contribution in [3.8, 4) is 5.75 Å². The van der Waals surface area contributed by atoms with Crippen molar-refractivity contribution in [3.63, 3.8) is 0 Å². The van der Waals surface area contributed by atoms with Crippen LogP contribution in [0.1, 0.15) is 6.92 Å². The van der Waals surface area contributed by atoms with Crippen LogP contribution >= 0.6 is 0 Å². The van der Waals surface area contributed by atoms with Gasteiger partial charge in [-0.05, 0) is 19.1 Å². The maximum Gasteiger partial charge on any atom is 0.207 e. The SMILES string of the molecule is CCOc1ccccc1Nc1nccn1CCOC. The van der Waals surface area contributed by atoms with Crippen molar-refractivity contribution in [2.24, 2.45) is 0 Å². The number of hydrogen-bond donors (Lipinski definition) is 1. The fourth-order valence-corrected chi connectivity index (χ4v) is 1.78. The van der Waals surface area contributed by atoms with Crippen LogP contribution in [-0.4, -0.2) is 29.9 Å². The number of hydrogen-bond acceptors (Lipinski definition) is 4. The minimum Gasteiger partial charge on any atom is -0.492 e. The first-order valence-corrected chi connectivity index (χ1v) is 6.34. The standard InChI is InChI=1S/C14H19N3O2/c1-3-19-13-7-5-4-6-12(13)16-14-15-8-9-17(14)10-11-18-2/h4-9H,3,10-11H2,1-2H3,(H,15,16). The Bertz CT molecular complexity index is 511. The van der Waals surface area contributed by atoms with Crippen LogP contribution in [0.15, 0.2) is 36.7 Å². The zero-order valence-electron chi connectivity index (χ0n) is 11.3. The van der Waals surface area contributed by atoms with E-state index < -0.39 is 0 Å². The van der Waals surface area contributed by atoms with E-state index in [1.165, 1.54) is 0 Å². The molecule has 0 bridgehead atoms. The highest BCUT2D eigenvalue weighted by Crippen LogP contribution is 2.26. The van der Waals surface area contributed by atoms with E-state index >= 15 is 0 Å². The molecular weight excluding hydrogens is 242 g/mol. The van der Waals surface area contributed by atoms with Crippen molar-refractivity contribution in [1.29, 1.82) is 0 Å². The van der Waals surface area contributed by atoms with Gasteiger partial charge in [-0.1, -0.05) is 12.1 Å². The van der Waals surface area contributed by atoms with Crippen molar-refractivity contribution in [1.82, 2.24) is 9.55 Å². The number of benzene rings is 1. The van der Waals surface area contributed by atoms with E-state index in [0.717, 1.165) is 23.9 Å². The first-order valence-electron chi connectivity index (χ1n) is 6.34. The monoisotopic (exact) mass is 261 g/mol. The minimum absolute atomic E-state index is 0.636. The number of rotatable bonds is 7. The van der Waals surface area contributed by atoms with Gasteiger partial charge < -0.3 is 19.4 Å². The van der Waals surface area contributed by atoms with E-state index in [-0.39, 0.29) is 0 Å². The maximum absolute atomic E-state index is 5.58. The zero-order valence-corrected chi connectivity index (χ0v) is 11.3. The summed E-state index contributed by atoms with van der Waals surface area (Å²) in [5, 5.41) is 3.29. The third-order valence-corrected chi connectivity index (χ3v) is 2.69. The number of nitrogens with one attached hydrogen (secondary N) is 1. The van der Waals surface area contributed by atoms with Crippen LogP contribution in [-0.2, 0) is 11.3 Å². The van der Waals surface area contributed by atoms with Crippen molar-refractivity contribution in [2.75, 3.05) is 25.6 Å². The van der Waals surface area contributed by atoms with Gasteiger partial charge in [-0.3, -0.25) is 0 Å². The Morgan fingerprint density at radius 2 is 2.16 bits per heavy atom. The Labute approximate surface area is 113 Å². The van der Waals surface area contributed by atoms with Gasteiger partial charge in [0.15, 0.2) is 0 Å². The van der Waals surface area contributed by atoms with Crippen LogP contribution in [0.2, 0.25) is 0 Å². The fraction of sp³-hybridized carbons (Fsp3) is 0.357. The van der Waals surface area contributed by atoms with E-state index in [0.29, 0.717) is 13.2 Å². The zero-order chi connectivity index (χ0) is 13.5. The predicted octanol–water partition coefficient (Wildman–Crippen LogP) is 2.67. The van der Waals surface area contributed by atoms with Crippen molar-refractivity contribution in [2.45, 2.75) is 13.5 Å². The molecule has 0 aliphatic heterocycles. The highest BCUT2D eigenvalue weighted by atomic mass is 16.5. The lowest BCUT2D eigenvalue weighted by Gasteiger charge is -2.13. The second-order valence-electron chi connectivity index (χ2n) is 3.99. The van der Waals surface area contributed by atoms with Gasteiger partial charge in [0.2, 0.25) is 5.95 Å². The molecule has 0 radical (unpaired) electrons. The Morgan fingerprint density at radius 1 is 1.32 bits per heavy atom. The molecule has 0 amide bonds. The number of imidazole rings is 1. The molecule has 2 aromatic rings. The molecule has 0 aliphatic carbocycles. The van der Waals surface area contributed by atoms with Crippen LogP contribution in [0.3, 0.4) is 0 Å². The van der Waals surface area contributed by atoms with Crippen LogP contribution in [0.25, 0.3) is 0 Å². The van der Waals surface area contributed by atoms with E-state index in [9.17, 15) is 0 Å². The highest BCUT2D eigenvalue weighted by molar-refractivity contribution is 5.62. The number of ether oxygens (including phenoxy) is 2. The average molecular weight is 261 g/mol. The second kappa shape index (κ2) is 6.80. The molecule has 0 atom stereocenters. The van der Waals surface area contributed by atoms with Gasteiger partial charge in [0.25, 0.3) is 0 Å². The number of nitrogens with zero attached hydrogens (tertiary/aromatic N) is 2. The summed E-state index contributed by atoms with van der Waals surface area (Å²) in [5.74, 6) is 1.61. The lowest BCUT2D eigenvalue weighted by molar-refractivity contribution is 0.188. The van der Waals surface area contributed by atoms with Gasteiger partial charge in [0.05, 0.1) is 18.9 Å². The second-order valence-corrected chi connectivity index (χ2v) is 3.99. The molecule has 0 saturated carbocycles. The molecule has 5 heteroatoms. The van der Waals surface area contributed by atoms with E-state index in [4.69, 9.17) is 9.47 Å². The molecule has 1 aromatic carbocycles. The number of anilines is 2. The van der Waals surface area contributed by atoms with Crippen molar-refractivity contribution in [3.05, 3.63) is 36.7 Å². The summed E-state index contributed by atoms with van der Waals surface area (Å²) < 4.78 is 12.7. The molecule has 0 unspecified atom stereocenters. The normalized spacial score (nSPS) is 10.4. The highest BCUT2D eigenvalue weighted by Gasteiger charge is 2.06. The quantitative estimate of drug-likeness (QED) is 0.832. The molecule has 0 aliphatic rings. The minimum atomic E-state index is 0.636. The molecular formula is C14H19N3O2. The third-order valence-electron chi connectivity index (χ3n) is 2.69. The molecule has 1 heterocycles. The Kier molecular flexibility index (Phi) is 4.80. The van der Waals surface area contributed by atoms with Gasteiger partial charge in [-0.25, -0.2) is 4.98 Å². The summed E-state index contributed by atoms with van der Waals surface area (Å²) in [7, 11) is 1.69. The first-order chi connectivity index (χ1) is 9.35. The molecule has 1 aromatic heterocycles. The summed E-state index contributed by atoms with van der Waals surface area (Å²) in [6.07, 6.45) is 3.69. The molecule has 102 valence electrons. The van der Waals surface area contributed by atoms with Crippen LogP contribution in [0.5, 0.6) is 5.75 Å². The largest absolute Gasteiger partial charge is 0.492 e. The average Bonchev–Trinajstić information content (AvgIpc) is 2.86. The Morgan fingerprint density at radius 3 is 2.95 bits per heavy atom. The van der Waals surface area contributed by atoms with E-state index in [2.05, 4.69) is 10.3 Å². The smallest absolute Gasteiger partial charge is 0.207 e. The molecule has 0 spiro atoms. The van der Waals surface area contributed by atoms with Crippen LogP contribution < -0.4 is 10.1 Å². The fourth-order valence-electron chi connectivity index (χ4n) is 1.78.